The lowest BCUT2D eigenvalue weighted by atomic mass is 9.85. The van der Waals surface area contributed by atoms with E-state index in [0.29, 0.717) is 18.1 Å². The standard InChI is InChI=1S/C33H34N2O4/c1-22-9-8-12-25(19-22)34-31(36)29-16-15-27(39-29)21-38-26-14-13-23-17-18-35(32(37)33(2,3)4)30(28(23)20-26)24-10-6-5-7-11-24/h5-16,19-20,30H,17-18,21H2,1-4H3,(H,34,36). The van der Waals surface area contributed by atoms with Crippen LogP contribution in [0.2, 0.25) is 0 Å². The maximum absolute atomic E-state index is 13.4. The first kappa shape index (κ1) is 26.3. The lowest BCUT2D eigenvalue weighted by Gasteiger charge is -2.41. The summed E-state index contributed by atoms with van der Waals surface area (Å²) in [5.41, 5.74) is 4.65. The van der Waals surface area contributed by atoms with Gasteiger partial charge in [0, 0.05) is 17.6 Å². The first-order valence-electron chi connectivity index (χ1n) is 13.3. The first-order valence-corrected chi connectivity index (χ1v) is 13.3. The van der Waals surface area contributed by atoms with E-state index in [2.05, 4.69) is 23.5 Å². The third-order valence-electron chi connectivity index (χ3n) is 6.91. The van der Waals surface area contributed by atoms with Crippen LogP contribution in [0.1, 0.15) is 65.4 Å². The van der Waals surface area contributed by atoms with E-state index in [1.165, 1.54) is 5.56 Å². The lowest BCUT2D eigenvalue weighted by molar-refractivity contribution is -0.141. The highest BCUT2D eigenvalue weighted by Crippen LogP contribution is 2.39. The van der Waals surface area contributed by atoms with E-state index in [9.17, 15) is 9.59 Å². The number of ether oxygens (including phenoxy) is 1. The molecular weight excluding hydrogens is 488 g/mol. The minimum absolute atomic E-state index is 0.125. The molecule has 0 saturated carbocycles. The Morgan fingerprint density at radius 2 is 1.77 bits per heavy atom. The molecule has 2 amide bonds. The van der Waals surface area contributed by atoms with Gasteiger partial charge < -0.3 is 19.4 Å². The normalized spacial score (nSPS) is 15.0. The monoisotopic (exact) mass is 522 g/mol. The Kier molecular flexibility index (Phi) is 7.29. The molecule has 1 unspecified atom stereocenters. The first-order chi connectivity index (χ1) is 18.7. The summed E-state index contributed by atoms with van der Waals surface area (Å²) in [5, 5.41) is 2.86. The van der Waals surface area contributed by atoms with Crippen molar-refractivity contribution < 1.29 is 18.7 Å². The Morgan fingerprint density at radius 3 is 2.51 bits per heavy atom. The Morgan fingerprint density at radius 1 is 0.974 bits per heavy atom. The van der Waals surface area contributed by atoms with Crippen molar-refractivity contribution in [3.05, 3.63) is 119 Å². The fourth-order valence-corrected chi connectivity index (χ4v) is 4.97. The largest absolute Gasteiger partial charge is 0.486 e. The molecule has 1 aliphatic heterocycles. The van der Waals surface area contributed by atoms with Gasteiger partial charge in [-0.2, -0.15) is 0 Å². The number of hydrogen-bond acceptors (Lipinski definition) is 4. The second-order valence-corrected chi connectivity index (χ2v) is 11.1. The fourth-order valence-electron chi connectivity index (χ4n) is 4.97. The highest BCUT2D eigenvalue weighted by Gasteiger charge is 2.37. The summed E-state index contributed by atoms with van der Waals surface area (Å²) in [4.78, 5) is 28.1. The van der Waals surface area contributed by atoms with E-state index in [0.717, 1.165) is 28.8 Å². The minimum atomic E-state index is -0.485. The average Bonchev–Trinajstić information content (AvgIpc) is 3.40. The van der Waals surface area contributed by atoms with Gasteiger partial charge >= 0.3 is 0 Å². The van der Waals surface area contributed by atoms with Gasteiger partial charge in [-0.3, -0.25) is 9.59 Å². The number of carbonyl (C=O) groups is 2. The molecule has 0 radical (unpaired) electrons. The molecule has 1 aliphatic rings. The number of benzene rings is 3. The predicted octanol–water partition coefficient (Wildman–Crippen LogP) is 6.94. The molecule has 1 aromatic heterocycles. The molecule has 39 heavy (non-hydrogen) atoms. The van der Waals surface area contributed by atoms with E-state index in [1.54, 1.807) is 12.1 Å². The maximum Gasteiger partial charge on any atom is 0.291 e. The number of nitrogens with zero attached hydrogens (tertiary/aromatic N) is 1. The van der Waals surface area contributed by atoms with E-state index < -0.39 is 5.41 Å². The lowest BCUT2D eigenvalue weighted by Crippen LogP contribution is -2.45. The molecule has 0 spiro atoms. The van der Waals surface area contributed by atoms with Crippen molar-refractivity contribution >= 4 is 17.5 Å². The number of fused-ring (bicyclic) bond motifs is 1. The van der Waals surface area contributed by atoms with Gasteiger partial charge in [0.25, 0.3) is 5.91 Å². The molecule has 5 rings (SSSR count). The Bertz CT molecular complexity index is 1480. The van der Waals surface area contributed by atoms with Crippen LogP contribution in [-0.4, -0.2) is 23.3 Å². The third-order valence-corrected chi connectivity index (χ3v) is 6.91. The molecule has 1 N–H and O–H groups in total. The molecule has 0 aliphatic carbocycles. The summed E-state index contributed by atoms with van der Waals surface area (Å²) in [6.07, 6.45) is 0.790. The third kappa shape index (κ3) is 5.90. The predicted molar refractivity (Wildman–Crippen MR) is 152 cm³/mol. The number of furan rings is 1. The Labute approximate surface area is 229 Å². The van der Waals surface area contributed by atoms with E-state index in [1.807, 2.05) is 87.2 Å². The Hall–Kier alpha value is -4.32. The number of amides is 2. The molecule has 4 aromatic rings. The number of nitrogens with one attached hydrogen (secondary N) is 1. The molecule has 0 saturated heterocycles. The van der Waals surface area contributed by atoms with Crippen LogP contribution in [0.3, 0.4) is 0 Å². The average molecular weight is 523 g/mol. The van der Waals surface area contributed by atoms with Gasteiger partial charge in [0.1, 0.15) is 18.1 Å². The minimum Gasteiger partial charge on any atom is -0.486 e. The summed E-state index contributed by atoms with van der Waals surface area (Å²) >= 11 is 0. The van der Waals surface area contributed by atoms with Gasteiger partial charge in [0.2, 0.25) is 5.91 Å². The second-order valence-electron chi connectivity index (χ2n) is 11.1. The second kappa shape index (κ2) is 10.8. The summed E-state index contributed by atoms with van der Waals surface area (Å²) in [6, 6.07) is 27.0. The summed E-state index contributed by atoms with van der Waals surface area (Å²) in [7, 11) is 0. The number of hydrogen-bond donors (Lipinski definition) is 1. The highest BCUT2D eigenvalue weighted by molar-refractivity contribution is 6.02. The Balaban J connectivity index is 1.34. The molecular formula is C33H34N2O4. The van der Waals surface area contributed by atoms with Crippen molar-refractivity contribution in [2.75, 3.05) is 11.9 Å². The van der Waals surface area contributed by atoms with Gasteiger partial charge in [0.15, 0.2) is 5.76 Å². The number of carbonyl (C=O) groups excluding carboxylic acids is 2. The molecule has 1 atom stereocenters. The molecule has 0 bridgehead atoms. The van der Waals surface area contributed by atoms with Crippen molar-refractivity contribution in [3.63, 3.8) is 0 Å². The van der Waals surface area contributed by atoms with Gasteiger partial charge in [-0.1, -0.05) is 69.3 Å². The van der Waals surface area contributed by atoms with Crippen molar-refractivity contribution in [2.45, 2.75) is 46.8 Å². The number of rotatable bonds is 6. The van der Waals surface area contributed by atoms with Crippen LogP contribution in [0.15, 0.2) is 89.3 Å². The quantitative estimate of drug-likeness (QED) is 0.298. The summed E-state index contributed by atoms with van der Waals surface area (Å²) in [5.74, 6) is 1.27. The van der Waals surface area contributed by atoms with Gasteiger partial charge in [-0.05, 0) is 72.0 Å². The molecule has 2 heterocycles. The SMILES string of the molecule is Cc1cccc(NC(=O)c2ccc(COc3ccc4c(c3)C(c3ccccc3)N(C(=O)C(C)(C)C)CC4)o2)c1. The zero-order valence-electron chi connectivity index (χ0n) is 22.9. The van der Waals surface area contributed by atoms with E-state index >= 15 is 0 Å². The molecule has 0 fully saturated rings. The van der Waals surface area contributed by atoms with Crippen LogP contribution >= 0.6 is 0 Å². The number of anilines is 1. The van der Waals surface area contributed by atoms with Crippen molar-refractivity contribution in [2.24, 2.45) is 5.41 Å². The topological polar surface area (TPSA) is 71.8 Å². The molecule has 6 heteroatoms. The fraction of sp³-hybridized carbons (Fsp3) is 0.273. The van der Waals surface area contributed by atoms with E-state index in [4.69, 9.17) is 9.15 Å². The molecule has 6 nitrogen and oxygen atoms in total. The zero-order chi connectivity index (χ0) is 27.6. The van der Waals surface area contributed by atoms with Crippen LogP contribution in [0.5, 0.6) is 5.75 Å². The van der Waals surface area contributed by atoms with Crippen LogP contribution in [0, 0.1) is 12.3 Å². The maximum atomic E-state index is 13.4. The van der Waals surface area contributed by atoms with Crippen molar-refractivity contribution in [1.29, 1.82) is 0 Å². The highest BCUT2D eigenvalue weighted by atomic mass is 16.5. The van der Waals surface area contributed by atoms with Crippen LogP contribution in [-0.2, 0) is 17.8 Å². The van der Waals surface area contributed by atoms with Gasteiger partial charge in [-0.25, -0.2) is 0 Å². The van der Waals surface area contributed by atoms with Gasteiger partial charge in [-0.15, -0.1) is 0 Å². The van der Waals surface area contributed by atoms with Crippen molar-refractivity contribution in [1.82, 2.24) is 4.90 Å². The smallest absolute Gasteiger partial charge is 0.291 e. The molecule has 200 valence electrons. The number of aryl methyl sites for hydroxylation is 1. The van der Waals surface area contributed by atoms with Crippen molar-refractivity contribution in [3.8, 4) is 5.75 Å². The summed E-state index contributed by atoms with van der Waals surface area (Å²) < 4.78 is 11.9. The zero-order valence-corrected chi connectivity index (χ0v) is 22.9. The van der Waals surface area contributed by atoms with Crippen LogP contribution in [0.4, 0.5) is 5.69 Å². The molecule has 3 aromatic carbocycles. The van der Waals surface area contributed by atoms with E-state index in [-0.39, 0.29) is 30.2 Å². The van der Waals surface area contributed by atoms with Gasteiger partial charge in [0.05, 0.1) is 6.04 Å². The van der Waals surface area contributed by atoms with Crippen LogP contribution in [0.25, 0.3) is 0 Å². The summed E-state index contributed by atoms with van der Waals surface area (Å²) in [6.45, 7) is 8.71. The van der Waals surface area contributed by atoms with Crippen LogP contribution < -0.4 is 10.1 Å².